The second-order valence-corrected chi connectivity index (χ2v) is 3.88. The monoisotopic (exact) mass is 219 g/mol. The first-order valence-corrected chi connectivity index (χ1v) is 5.27. The van der Waals surface area contributed by atoms with Crippen LogP contribution in [0.3, 0.4) is 0 Å². The van der Waals surface area contributed by atoms with E-state index in [0.717, 1.165) is 17.5 Å². The van der Waals surface area contributed by atoms with Gasteiger partial charge in [-0.3, -0.25) is 0 Å². The molecule has 0 saturated heterocycles. The molecule has 1 atom stereocenters. The van der Waals surface area contributed by atoms with E-state index in [1.807, 2.05) is 7.05 Å². The minimum atomic E-state index is -0.265. The smallest absolute Gasteiger partial charge is 0.125 e. The quantitative estimate of drug-likeness (QED) is 0.857. The van der Waals surface area contributed by atoms with Gasteiger partial charge in [-0.15, -0.1) is 0 Å². The van der Waals surface area contributed by atoms with E-state index < -0.39 is 0 Å². The Bertz CT molecular complexity index is 499. The zero-order chi connectivity index (χ0) is 11.5. The van der Waals surface area contributed by atoms with Crippen LogP contribution in [0.2, 0.25) is 0 Å². The van der Waals surface area contributed by atoms with Crippen molar-refractivity contribution in [2.45, 2.75) is 19.4 Å². The van der Waals surface area contributed by atoms with Crippen LogP contribution in [-0.2, 0) is 6.42 Å². The number of nitrogens with zero attached hydrogens (tertiary/aromatic N) is 2. The summed E-state index contributed by atoms with van der Waals surface area (Å²) in [6.07, 6.45) is 2.29. The van der Waals surface area contributed by atoms with Gasteiger partial charge in [-0.1, -0.05) is 0 Å². The molecule has 1 aromatic carbocycles. The fourth-order valence-electron chi connectivity index (χ4n) is 1.64. The van der Waals surface area contributed by atoms with Crippen molar-refractivity contribution >= 4 is 10.9 Å². The Morgan fingerprint density at radius 1 is 1.38 bits per heavy atom. The highest BCUT2D eigenvalue weighted by atomic mass is 19.1. The van der Waals surface area contributed by atoms with Gasteiger partial charge in [-0.2, -0.15) is 0 Å². The molecule has 1 aromatic heterocycles. The highest BCUT2D eigenvalue weighted by Gasteiger charge is 2.07. The molecule has 0 bridgehead atoms. The van der Waals surface area contributed by atoms with Crippen molar-refractivity contribution in [3.8, 4) is 0 Å². The molecular formula is C12H14FN3. The minimum absolute atomic E-state index is 0.265. The summed E-state index contributed by atoms with van der Waals surface area (Å²) in [6.45, 7) is 2.08. The molecule has 84 valence electrons. The number of hydrogen-bond acceptors (Lipinski definition) is 3. The van der Waals surface area contributed by atoms with E-state index in [1.54, 1.807) is 6.07 Å². The molecule has 0 amide bonds. The summed E-state index contributed by atoms with van der Waals surface area (Å²) in [6, 6.07) is 4.95. The lowest BCUT2D eigenvalue weighted by atomic mass is 10.1. The molecule has 0 aliphatic rings. The van der Waals surface area contributed by atoms with Gasteiger partial charge in [0.05, 0.1) is 11.2 Å². The van der Waals surface area contributed by atoms with Crippen molar-refractivity contribution < 1.29 is 4.39 Å². The van der Waals surface area contributed by atoms with E-state index >= 15 is 0 Å². The third kappa shape index (κ3) is 2.17. The Morgan fingerprint density at radius 2 is 2.19 bits per heavy atom. The average Bonchev–Trinajstić information content (AvgIpc) is 2.28. The van der Waals surface area contributed by atoms with E-state index in [-0.39, 0.29) is 5.82 Å². The fraction of sp³-hybridized carbons (Fsp3) is 0.333. The summed E-state index contributed by atoms with van der Waals surface area (Å²) < 4.78 is 13.0. The zero-order valence-corrected chi connectivity index (χ0v) is 9.37. The molecule has 1 N–H and O–H groups in total. The second kappa shape index (κ2) is 4.53. The lowest BCUT2D eigenvalue weighted by molar-refractivity contribution is 0.602. The molecule has 3 nitrogen and oxygen atoms in total. The molecule has 0 spiro atoms. The molecule has 4 heteroatoms. The molecule has 2 rings (SSSR count). The van der Waals surface area contributed by atoms with Crippen molar-refractivity contribution in [2.24, 2.45) is 0 Å². The standard InChI is InChI=1S/C12H14FN3/c1-8(14-2)5-11-10-4-3-9(13)6-12(10)16-7-15-11/h3-4,6-8,14H,5H2,1-2H3. The summed E-state index contributed by atoms with van der Waals surface area (Å²) in [7, 11) is 1.91. The number of halogens is 1. The van der Waals surface area contributed by atoms with Crippen LogP contribution in [0.1, 0.15) is 12.6 Å². The van der Waals surface area contributed by atoms with Crippen molar-refractivity contribution in [1.82, 2.24) is 15.3 Å². The van der Waals surface area contributed by atoms with Crippen LogP contribution in [0.25, 0.3) is 10.9 Å². The number of benzene rings is 1. The third-order valence-electron chi connectivity index (χ3n) is 2.67. The summed E-state index contributed by atoms with van der Waals surface area (Å²) >= 11 is 0. The summed E-state index contributed by atoms with van der Waals surface area (Å²) in [5.74, 6) is -0.265. The minimum Gasteiger partial charge on any atom is -0.317 e. The molecule has 16 heavy (non-hydrogen) atoms. The van der Waals surface area contributed by atoms with E-state index in [9.17, 15) is 4.39 Å². The number of fused-ring (bicyclic) bond motifs is 1. The first kappa shape index (κ1) is 11.0. The van der Waals surface area contributed by atoms with Crippen molar-refractivity contribution in [3.63, 3.8) is 0 Å². The van der Waals surface area contributed by atoms with Crippen LogP contribution in [-0.4, -0.2) is 23.1 Å². The third-order valence-corrected chi connectivity index (χ3v) is 2.67. The van der Waals surface area contributed by atoms with Crippen molar-refractivity contribution in [3.05, 3.63) is 36.0 Å². The number of rotatable bonds is 3. The van der Waals surface area contributed by atoms with Gasteiger partial charge in [0.2, 0.25) is 0 Å². The van der Waals surface area contributed by atoms with Crippen molar-refractivity contribution in [1.29, 1.82) is 0 Å². The van der Waals surface area contributed by atoms with Crippen LogP contribution in [0.15, 0.2) is 24.5 Å². The predicted octanol–water partition coefficient (Wildman–Crippen LogP) is 1.92. The SMILES string of the molecule is CNC(C)Cc1ncnc2cc(F)ccc12. The van der Waals surface area contributed by atoms with Crippen LogP contribution in [0.4, 0.5) is 4.39 Å². The first-order chi connectivity index (χ1) is 7.70. The predicted molar refractivity (Wildman–Crippen MR) is 61.7 cm³/mol. The summed E-state index contributed by atoms with van der Waals surface area (Å²) in [5.41, 5.74) is 1.61. The largest absolute Gasteiger partial charge is 0.317 e. The Morgan fingerprint density at radius 3 is 2.94 bits per heavy atom. The molecule has 0 saturated carbocycles. The van der Waals surface area contributed by atoms with Crippen molar-refractivity contribution in [2.75, 3.05) is 7.05 Å². The maximum atomic E-state index is 13.0. The molecule has 2 aromatic rings. The summed E-state index contributed by atoms with van der Waals surface area (Å²) in [5, 5.41) is 4.08. The molecule has 0 fully saturated rings. The molecule has 1 unspecified atom stereocenters. The zero-order valence-electron chi connectivity index (χ0n) is 9.37. The van der Waals surface area contributed by atoms with E-state index in [1.165, 1.54) is 18.5 Å². The Kier molecular flexibility index (Phi) is 3.10. The lowest BCUT2D eigenvalue weighted by Gasteiger charge is -2.10. The molecule has 0 aliphatic heterocycles. The number of hydrogen-bond donors (Lipinski definition) is 1. The second-order valence-electron chi connectivity index (χ2n) is 3.88. The van der Waals surface area contributed by atoms with Gasteiger partial charge < -0.3 is 5.32 Å². The Hall–Kier alpha value is -1.55. The van der Waals surface area contributed by atoms with Gasteiger partial charge in [0, 0.05) is 23.9 Å². The Labute approximate surface area is 93.7 Å². The van der Waals surface area contributed by atoms with Crippen LogP contribution in [0, 0.1) is 5.82 Å². The maximum absolute atomic E-state index is 13.0. The lowest BCUT2D eigenvalue weighted by Crippen LogP contribution is -2.24. The highest BCUT2D eigenvalue weighted by molar-refractivity contribution is 5.80. The van der Waals surface area contributed by atoms with E-state index in [4.69, 9.17) is 0 Å². The van der Waals surface area contributed by atoms with Gasteiger partial charge in [0.15, 0.2) is 0 Å². The van der Waals surface area contributed by atoms with E-state index in [2.05, 4.69) is 22.2 Å². The van der Waals surface area contributed by atoms with Gasteiger partial charge in [-0.25, -0.2) is 14.4 Å². The number of likely N-dealkylation sites (N-methyl/N-ethyl adjacent to an activating group) is 1. The number of nitrogens with one attached hydrogen (secondary N) is 1. The molecular weight excluding hydrogens is 205 g/mol. The summed E-state index contributed by atoms with van der Waals surface area (Å²) in [4.78, 5) is 8.32. The average molecular weight is 219 g/mol. The van der Waals surface area contributed by atoms with Gasteiger partial charge in [-0.05, 0) is 26.1 Å². The number of aromatic nitrogens is 2. The maximum Gasteiger partial charge on any atom is 0.125 e. The van der Waals surface area contributed by atoms with Crippen LogP contribution >= 0.6 is 0 Å². The van der Waals surface area contributed by atoms with Crippen LogP contribution in [0.5, 0.6) is 0 Å². The Balaban J connectivity index is 2.45. The first-order valence-electron chi connectivity index (χ1n) is 5.27. The fourth-order valence-corrected chi connectivity index (χ4v) is 1.64. The van der Waals surface area contributed by atoms with E-state index in [0.29, 0.717) is 11.6 Å². The topological polar surface area (TPSA) is 37.8 Å². The normalized spacial score (nSPS) is 12.9. The molecule has 0 aliphatic carbocycles. The highest BCUT2D eigenvalue weighted by Crippen LogP contribution is 2.16. The molecule has 0 radical (unpaired) electrons. The molecule has 1 heterocycles. The van der Waals surface area contributed by atoms with Gasteiger partial charge in [0.25, 0.3) is 0 Å². The van der Waals surface area contributed by atoms with Gasteiger partial charge >= 0.3 is 0 Å². The van der Waals surface area contributed by atoms with Crippen LogP contribution < -0.4 is 5.32 Å². The van der Waals surface area contributed by atoms with Gasteiger partial charge in [0.1, 0.15) is 12.1 Å².